The van der Waals surface area contributed by atoms with E-state index in [0.29, 0.717) is 28.6 Å². The van der Waals surface area contributed by atoms with E-state index in [1.54, 1.807) is 26.8 Å². The van der Waals surface area contributed by atoms with Gasteiger partial charge in [0.15, 0.2) is 11.5 Å². The largest absolute Gasteiger partial charge is 0.541 e. The lowest BCUT2D eigenvalue weighted by atomic mass is 10.0. The molecule has 2 rings (SSSR count). The zero-order valence-corrected chi connectivity index (χ0v) is 26.7. The van der Waals surface area contributed by atoms with Crippen molar-refractivity contribution in [3.8, 4) is 23.0 Å². The second-order valence-corrected chi connectivity index (χ2v) is 17.0. The number of alkyl carbamates (subject to hydrolysis) is 1. The lowest BCUT2D eigenvalue weighted by Crippen LogP contribution is -2.48. The van der Waals surface area contributed by atoms with E-state index in [1.165, 1.54) is 7.05 Å². The number of ether oxygens (including phenoxy) is 3. The Bertz CT molecular complexity index is 1180. The lowest BCUT2D eigenvalue weighted by Gasteiger charge is -2.37. The van der Waals surface area contributed by atoms with Crippen molar-refractivity contribution in [3.63, 3.8) is 0 Å². The molecule has 0 saturated heterocycles. The van der Waals surface area contributed by atoms with Crippen LogP contribution in [-0.2, 0) is 16.0 Å². The number of hydrogen-bond acceptors (Lipinski definition) is 6. The summed E-state index contributed by atoms with van der Waals surface area (Å²) in [7, 11) is -0.790. The zero-order chi connectivity index (χ0) is 30.3. The molecular formula is C31H46N2O6Si. The Hall–Kier alpha value is -3.46. The minimum Gasteiger partial charge on any atom is -0.541 e. The minimum absolute atomic E-state index is 0.0837. The second kappa shape index (κ2) is 13.3. The van der Waals surface area contributed by atoms with E-state index in [0.717, 1.165) is 5.56 Å². The molecule has 0 saturated carbocycles. The van der Waals surface area contributed by atoms with Crippen LogP contribution in [0, 0.1) is 6.92 Å². The van der Waals surface area contributed by atoms with Gasteiger partial charge in [0.05, 0.1) is 0 Å². The molecule has 9 heteroatoms. The first-order chi connectivity index (χ1) is 18.5. The van der Waals surface area contributed by atoms with Gasteiger partial charge in [-0.3, -0.25) is 4.79 Å². The topological polar surface area (TPSA) is 95.1 Å². The molecule has 2 N–H and O–H groups in total. The van der Waals surface area contributed by atoms with Gasteiger partial charge < -0.3 is 29.3 Å². The number of aryl methyl sites for hydroxylation is 1. The molecule has 0 spiro atoms. The Balaban J connectivity index is 2.63. The summed E-state index contributed by atoms with van der Waals surface area (Å²) in [5.41, 5.74) is 1.11. The van der Waals surface area contributed by atoms with E-state index in [4.69, 9.17) is 18.6 Å². The fourth-order valence-corrected chi connectivity index (χ4v) is 4.42. The third-order valence-electron chi connectivity index (χ3n) is 6.54. The highest BCUT2D eigenvalue weighted by Gasteiger charge is 2.40. The van der Waals surface area contributed by atoms with Gasteiger partial charge in [0.25, 0.3) is 8.32 Å². The van der Waals surface area contributed by atoms with Gasteiger partial charge in [0, 0.05) is 13.5 Å². The van der Waals surface area contributed by atoms with Gasteiger partial charge in [-0.1, -0.05) is 51.1 Å². The van der Waals surface area contributed by atoms with E-state index in [9.17, 15) is 9.59 Å². The SMILES string of the molecule is C=CCOc1c(Oc2ccc(C)cc2)cc(C[C@@H](NC(=O)OC(C)(C)C)C(=O)NC)cc1O[Si](C)(C)C(C)(C)C. The van der Waals surface area contributed by atoms with Gasteiger partial charge in [-0.15, -0.1) is 0 Å². The molecule has 0 bridgehead atoms. The van der Waals surface area contributed by atoms with Gasteiger partial charge in [0.2, 0.25) is 11.7 Å². The van der Waals surface area contributed by atoms with Crippen molar-refractivity contribution < 1.29 is 28.2 Å². The van der Waals surface area contributed by atoms with Crippen molar-refractivity contribution in [3.05, 3.63) is 60.2 Å². The van der Waals surface area contributed by atoms with Crippen LogP contribution in [0.15, 0.2) is 49.1 Å². The molecular weight excluding hydrogens is 524 g/mol. The quantitative estimate of drug-likeness (QED) is 0.225. The van der Waals surface area contributed by atoms with Crippen LogP contribution in [-0.4, -0.2) is 45.6 Å². The Kier molecular flexibility index (Phi) is 10.9. The number of carbonyl (C=O) groups is 2. The first-order valence-electron chi connectivity index (χ1n) is 13.5. The predicted molar refractivity (Wildman–Crippen MR) is 162 cm³/mol. The molecule has 2 aromatic carbocycles. The highest BCUT2D eigenvalue weighted by Crippen LogP contribution is 2.45. The average molecular weight is 571 g/mol. The predicted octanol–water partition coefficient (Wildman–Crippen LogP) is 6.92. The molecule has 0 aliphatic rings. The number of carbonyl (C=O) groups excluding carboxylic acids is 2. The maximum atomic E-state index is 12.8. The van der Waals surface area contributed by atoms with Gasteiger partial charge in [0.1, 0.15) is 24.0 Å². The van der Waals surface area contributed by atoms with Crippen LogP contribution in [0.3, 0.4) is 0 Å². The first-order valence-corrected chi connectivity index (χ1v) is 16.4. The van der Waals surface area contributed by atoms with Crippen LogP contribution in [0.2, 0.25) is 18.1 Å². The lowest BCUT2D eigenvalue weighted by molar-refractivity contribution is -0.122. The van der Waals surface area contributed by atoms with Crippen LogP contribution >= 0.6 is 0 Å². The molecule has 40 heavy (non-hydrogen) atoms. The molecule has 0 unspecified atom stereocenters. The summed E-state index contributed by atoms with van der Waals surface area (Å²) in [4.78, 5) is 25.4. The maximum Gasteiger partial charge on any atom is 0.408 e. The normalized spacial score (nSPS) is 12.7. The number of amides is 2. The van der Waals surface area contributed by atoms with Crippen molar-refractivity contribution in [1.82, 2.24) is 10.6 Å². The summed E-state index contributed by atoms with van der Waals surface area (Å²) in [5, 5.41) is 5.24. The zero-order valence-electron chi connectivity index (χ0n) is 25.7. The van der Waals surface area contributed by atoms with E-state index < -0.39 is 26.1 Å². The molecule has 2 amide bonds. The van der Waals surface area contributed by atoms with Crippen LogP contribution in [0.4, 0.5) is 4.79 Å². The summed E-state index contributed by atoms with van der Waals surface area (Å²) in [6.45, 7) is 22.1. The Morgan fingerprint density at radius 2 is 1.62 bits per heavy atom. The summed E-state index contributed by atoms with van der Waals surface area (Å²) >= 11 is 0. The second-order valence-electron chi connectivity index (χ2n) is 12.3. The molecule has 0 aliphatic heterocycles. The highest BCUT2D eigenvalue weighted by atomic mass is 28.4. The number of rotatable bonds is 11. The molecule has 0 fully saturated rings. The van der Waals surface area contributed by atoms with Gasteiger partial charge in [-0.2, -0.15) is 0 Å². The fourth-order valence-electron chi connectivity index (χ4n) is 3.42. The Morgan fingerprint density at radius 3 is 2.15 bits per heavy atom. The number of benzene rings is 2. The van der Waals surface area contributed by atoms with Crippen LogP contribution in [0.5, 0.6) is 23.0 Å². The smallest absolute Gasteiger partial charge is 0.408 e. The van der Waals surface area contributed by atoms with E-state index in [2.05, 4.69) is 51.1 Å². The number of likely N-dealkylation sites (N-methyl/N-ethyl adjacent to an activating group) is 1. The van der Waals surface area contributed by atoms with E-state index in [1.807, 2.05) is 43.3 Å². The molecule has 220 valence electrons. The molecule has 0 heterocycles. The summed E-state index contributed by atoms with van der Waals surface area (Å²) in [6.07, 6.45) is 1.14. The van der Waals surface area contributed by atoms with Crippen LogP contribution < -0.4 is 24.5 Å². The molecule has 0 aliphatic carbocycles. The van der Waals surface area contributed by atoms with Crippen LogP contribution in [0.25, 0.3) is 0 Å². The van der Waals surface area contributed by atoms with Crippen molar-refractivity contribution in [2.24, 2.45) is 0 Å². The molecule has 0 radical (unpaired) electrons. The average Bonchev–Trinajstić information content (AvgIpc) is 2.82. The Labute approximate surface area is 240 Å². The maximum absolute atomic E-state index is 12.8. The Morgan fingerprint density at radius 1 is 1.02 bits per heavy atom. The van der Waals surface area contributed by atoms with Crippen LogP contribution in [0.1, 0.15) is 52.7 Å². The number of nitrogens with one attached hydrogen (secondary N) is 2. The first kappa shape index (κ1) is 32.7. The van der Waals surface area contributed by atoms with Crippen molar-refractivity contribution in [1.29, 1.82) is 0 Å². The monoisotopic (exact) mass is 570 g/mol. The van der Waals surface area contributed by atoms with Gasteiger partial charge >= 0.3 is 6.09 Å². The van der Waals surface area contributed by atoms with Crippen molar-refractivity contribution in [2.75, 3.05) is 13.7 Å². The van der Waals surface area contributed by atoms with Gasteiger partial charge in [-0.05, 0) is 75.7 Å². The third-order valence-corrected chi connectivity index (χ3v) is 10.9. The summed E-state index contributed by atoms with van der Waals surface area (Å²) in [5.74, 6) is 1.67. The minimum atomic E-state index is -2.31. The molecule has 0 aromatic heterocycles. The molecule has 2 aromatic rings. The van der Waals surface area contributed by atoms with Crippen molar-refractivity contribution >= 4 is 20.3 Å². The van der Waals surface area contributed by atoms with Crippen molar-refractivity contribution in [2.45, 2.75) is 84.7 Å². The van der Waals surface area contributed by atoms with E-state index >= 15 is 0 Å². The van der Waals surface area contributed by atoms with E-state index in [-0.39, 0.29) is 24.0 Å². The molecule has 1 atom stereocenters. The molecule has 8 nitrogen and oxygen atoms in total. The summed E-state index contributed by atoms with van der Waals surface area (Å²) < 4.78 is 24.6. The highest BCUT2D eigenvalue weighted by molar-refractivity contribution is 6.74. The fraction of sp³-hybridized carbons (Fsp3) is 0.484. The number of hydrogen-bond donors (Lipinski definition) is 2. The third kappa shape index (κ3) is 9.62. The standard InChI is InChI=1S/C31H46N2O6Si/c1-12-17-36-27-25(37-23-15-13-21(2)14-16-23)19-22(20-26(27)39-40(10,11)31(6,7)8)18-24(28(34)32-9)33-29(35)38-30(3,4)5/h12-16,19-20,24H,1,17-18H2,2-11H3,(H,32,34)(H,33,35)/t24-/m1/s1. The van der Waals surface area contributed by atoms with Gasteiger partial charge in [-0.25, -0.2) is 4.79 Å². The summed E-state index contributed by atoms with van der Waals surface area (Å²) in [6, 6.07) is 10.5.